The summed E-state index contributed by atoms with van der Waals surface area (Å²) in [6.07, 6.45) is 1.02. The van der Waals surface area contributed by atoms with Crippen LogP contribution < -0.4 is 5.32 Å². The molecule has 0 saturated heterocycles. The first kappa shape index (κ1) is 8.93. The maximum atomic E-state index is 12.3. The number of aromatic nitrogens is 1. The van der Waals surface area contributed by atoms with Crippen molar-refractivity contribution < 1.29 is 9.18 Å². The second-order valence-electron chi connectivity index (χ2n) is 2.04. The number of hydrogen-bond acceptors (Lipinski definition) is 2. The van der Waals surface area contributed by atoms with Gasteiger partial charge in [0.1, 0.15) is 17.5 Å². The number of alkyl halides is 1. The normalized spacial score (nSPS) is 9.50. The summed E-state index contributed by atoms with van der Waals surface area (Å²) < 4.78 is 12.3. The molecule has 0 spiro atoms. The fourth-order valence-electron chi connectivity index (χ4n) is 0.626. The zero-order valence-corrected chi connectivity index (χ0v) is 6.81. The number of hydrogen-bond donors (Lipinski definition) is 1. The molecule has 0 bridgehead atoms. The molecule has 0 saturated carbocycles. The molecule has 1 aromatic heterocycles. The van der Waals surface area contributed by atoms with Gasteiger partial charge in [0.15, 0.2) is 0 Å². The van der Waals surface area contributed by atoms with Crippen molar-refractivity contribution in [1.29, 1.82) is 0 Å². The number of carbonyl (C=O) groups is 1. The zero-order valence-electron chi connectivity index (χ0n) is 6.05. The van der Waals surface area contributed by atoms with Crippen LogP contribution in [0.3, 0.4) is 0 Å². The van der Waals surface area contributed by atoms with Crippen molar-refractivity contribution in [2.24, 2.45) is 0 Å². The van der Waals surface area contributed by atoms with Gasteiger partial charge in [0.05, 0.1) is 6.20 Å². The Kier molecular flexibility index (Phi) is 2.99. The van der Waals surface area contributed by atoms with Crippen molar-refractivity contribution in [1.82, 2.24) is 4.98 Å². The Balaban J connectivity index is 2.64. The SMILES string of the molecule is O=C(CCl)Nc1ccc(F)cn1. The summed E-state index contributed by atoms with van der Waals surface area (Å²) in [7, 11) is 0. The third-order valence-corrected chi connectivity index (χ3v) is 1.36. The maximum absolute atomic E-state index is 12.3. The summed E-state index contributed by atoms with van der Waals surface area (Å²) in [6, 6.07) is 2.57. The molecular weight excluding hydrogens is 183 g/mol. The zero-order chi connectivity index (χ0) is 8.97. The standard InChI is InChI=1S/C7H6ClFN2O/c8-3-7(12)11-6-2-1-5(9)4-10-6/h1-2,4H,3H2,(H,10,11,12). The molecule has 0 unspecified atom stereocenters. The lowest BCUT2D eigenvalue weighted by Gasteiger charge is -1.99. The summed E-state index contributed by atoms with van der Waals surface area (Å²) in [5.74, 6) is -0.657. The first-order valence-corrected chi connectivity index (χ1v) is 3.73. The van der Waals surface area contributed by atoms with E-state index in [-0.39, 0.29) is 11.8 Å². The monoisotopic (exact) mass is 188 g/mol. The molecule has 3 nitrogen and oxygen atoms in total. The van der Waals surface area contributed by atoms with Gasteiger partial charge in [-0.25, -0.2) is 9.37 Å². The summed E-state index contributed by atoms with van der Waals surface area (Å²) >= 11 is 5.22. The van der Waals surface area contributed by atoms with Gasteiger partial charge in [-0.2, -0.15) is 0 Å². The molecule has 0 aliphatic rings. The number of rotatable bonds is 2. The summed E-state index contributed by atoms with van der Waals surface area (Å²) in [5.41, 5.74) is 0. The van der Waals surface area contributed by atoms with Crippen LogP contribution in [0.15, 0.2) is 18.3 Å². The van der Waals surface area contributed by atoms with Crippen LogP contribution in [0.1, 0.15) is 0 Å². The van der Waals surface area contributed by atoms with E-state index in [9.17, 15) is 9.18 Å². The van der Waals surface area contributed by atoms with Crippen LogP contribution in [-0.2, 0) is 4.79 Å². The van der Waals surface area contributed by atoms with Gasteiger partial charge in [0.2, 0.25) is 5.91 Å². The summed E-state index contributed by atoms with van der Waals surface area (Å²) in [5, 5.41) is 2.37. The number of nitrogens with one attached hydrogen (secondary N) is 1. The molecule has 0 radical (unpaired) electrons. The quantitative estimate of drug-likeness (QED) is 0.713. The molecule has 0 aliphatic heterocycles. The van der Waals surface area contributed by atoms with Gasteiger partial charge < -0.3 is 5.32 Å². The van der Waals surface area contributed by atoms with Gasteiger partial charge in [-0.15, -0.1) is 11.6 Å². The lowest BCUT2D eigenvalue weighted by molar-refractivity contribution is -0.113. The number of amides is 1. The van der Waals surface area contributed by atoms with Crippen LogP contribution in [0.5, 0.6) is 0 Å². The van der Waals surface area contributed by atoms with E-state index in [0.29, 0.717) is 5.82 Å². The minimum atomic E-state index is -0.445. The molecule has 5 heteroatoms. The van der Waals surface area contributed by atoms with Crippen LogP contribution in [0.2, 0.25) is 0 Å². The van der Waals surface area contributed by atoms with Crippen molar-refractivity contribution in [3.8, 4) is 0 Å². The Bertz CT molecular complexity index is 275. The molecule has 1 N–H and O–H groups in total. The third kappa shape index (κ3) is 2.47. The molecule has 1 amide bonds. The second kappa shape index (κ2) is 4.01. The van der Waals surface area contributed by atoms with E-state index in [0.717, 1.165) is 6.20 Å². The molecule has 0 atom stereocenters. The Morgan fingerprint density at radius 2 is 2.42 bits per heavy atom. The number of halogens is 2. The Labute approximate surface area is 73.6 Å². The highest BCUT2D eigenvalue weighted by Gasteiger charge is 1.99. The number of nitrogens with zero attached hydrogens (tertiary/aromatic N) is 1. The van der Waals surface area contributed by atoms with Crippen LogP contribution >= 0.6 is 11.6 Å². The topological polar surface area (TPSA) is 42.0 Å². The van der Waals surface area contributed by atoms with E-state index in [4.69, 9.17) is 11.6 Å². The number of pyridine rings is 1. The molecule has 0 fully saturated rings. The molecule has 1 heterocycles. The average Bonchev–Trinajstić information content (AvgIpc) is 2.09. The largest absolute Gasteiger partial charge is 0.310 e. The molecule has 0 aromatic carbocycles. The predicted octanol–water partition coefficient (Wildman–Crippen LogP) is 1.40. The first-order chi connectivity index (χ1) is 5.72. The highest BCUT2D eigenvalue weighted by Crippen LogP contribution is 2.02. The average molecular weight is 189 g/mol. The van der Waals surface area contributed by atoms with Crippen LogP contribution in [0, 0.1) is 5.82 Å². The van der Waals surface area contributed by atoms with E-state index in [2.05, 4.69) is 10.3 Å². The Morgan fingerprint density at radius 3 is 2.92 bits per heavy atom. The van der Waals surface area contributed by atoms with Gasteiger partial charge in [0.25, 0.3) is 0 Å². The number of carbonyl (C=O) groups excluding carboxylic acids is 1. The lowest BCUT2D eigenvalue weighted by Crippen LogP contribution is -2.13. The molecule has 12 heavy (non-hydrogen) atoms. The van der Waals surface area contributed by atoms with Crippen molar-refractivity contribution in [3.05, 3.63) is 24.1 Å². The van der Waals surface area contributed by atoms with Crippen LogP contribution in [0.4, 0.5) is 10.2 Å². The summed E-state index contributed by atoms with van der Waals surface area (Å²) in [4.78, 5) is 14.3. The van der Waals surface area contributed by atoms with Crippen LogP contribution in [0.25, 0.3) is 0 Å². The Hall–Kier alpha value is -1.16. The molecule has 1 aromatic rings. The van der Waals surface area contributed by atoms with Gasteiger partial charge in [-0.1, -0.05) is 0 Å². The first-order valence-electron chi connectivity index (χ1n) is 3.20. The van der Waals surface area contributed by atoms with Crippen molar-refractivity contribution in [2.45, 2.75) is 0 Å². The maximum Gasteiger partial charge on any atom is 0.240 e. The van der Waals surface area contributed by atoms with E-state index in [1.165, 1.54) is 12.1 Å². The van der Waals surface area contributed by atoms with Gasteiger partial charge in [-0.3, -0.25) is 4.79 Å². The van der Waals surface area contributed by atoms with Gasteiger partial charge >= 0.3 is 0 Å². The van der Waals surface area contributed by atoms with Crippen LogP contribution in [-0.4, -0.2) is 16.8 Å². The third-order valence-electron chi connectivity index (χ3n) is 1.12. The predicted molar refractivity (Wildman–Crippen MR) is 43.5 cm³/mol. The number of anilines is 1. The molecular formula is C7H6ClFN2O. The van der Waals surface area contributed by atoms with E-state index >= 15 is 0 Å². The van der Waals surface area contributed by atoms with Gasteiger partial charge in [-0.05, 0) is 12.1 Å². The molecule has 1 rings (SSSR count). The van der Waals surface area contributed by atoms with E-state index < -0.39 is 5.82 Å². The summed E-state index contributed by atoms with van der Waals surface area (Å²) in [6.45, 7) is 0. The van der Waals surface area contributed by atoms with Crippen molar-refractivity contribution in [2.75, 3.05) is 11.2 Å². The van der Waals surface area contributed by atoms with Gasteiger partial charge in [0, 0.05) is 0 Å². The van der Waals surface area contributed by atoms with E-state index in [1.807, 2.05) is 0 Å². The molecule has 64 valence electrons. The highest BCUT2D eigenvalue weighted by atomic mass is 35.5. The van der Waals surface area contributed by atoms with E-state index in [1.54, 1.807) is 0 Å². The fraction of sp³-hybridized carbons (Fsp3) is 0.143. The van der Waals surface area contributed by atoms with Crippen molar-refractivity contribution >= 4 is 23.3 Å². The van der Waals surface area contributed by atoms with Crippen molar-refractivity contribution in [3.63, 3.8) is 0 Å². The lowest BCUT2D eigenvalue weighted by atomic mass is 10.4. The Morgan fingerprint density at radius 1 is 1.67 bits per heavy atom. The minimum absolute atomic E-state index is 0.140. The minimum Gasteiger partial charge on any atom is -0.310 e. The second-order valence-corrected chi connectivity index (χ2v) is 2.31. The smallest absolute Gasteiger partial charge is 0.240 e. The fourth-order valence-corrected chi connectivity index (χ4v) is 0.693. The highest BCUT2D eigenvalue weighted by molar-refractivity contribution is 6.28. The molecule has 0 aliphatic carbocycles.